The van der Waals surface area contributed by atoms with Crippen molar-refractivity contribution in [1.82, 2.24) is 10.7 Å². The molecule has 2 amide bonds. The second-order valence-electron chi connectivity index (χ2n) is 5.84. The molecule has 0 heterocycles. The molecule has 0 saturated heterocycles. The van der Waals surface area contributed by atoms with Crippen LogP contribution in [0, 0.1) is 0 Å². The van der Waals surface area contributed by atoms with Crippen LogP contribution in [0.5, 0.6) is 0 Å². The zero-order valence-corrected chi connectivity index (χ0v) is 13.4. The molecule has 0 saturated carbocycles. The van der Waals surface area contributed by atoms with Gasteiger partial charge in [-0.15, -0.1) is 0 Å². The van der Waals surface area contributed by atoms with Gasteiger partial charge in [-0.1, -0.05) is 24.3 Å². The number of ether oxygens (including phenoxy) is 1. The van der Waals surface area contributed by atoms with Crippen LogP contribution in [0.3, 0.4) is 0 Å². The van der Waals surface area contributed by atoms with Gasteiger partial charge in [-0.05, 0) is 38.3 Å². The molecule has 0 bridgehead atoms. The molecule has 1 rings (SSSR count). The Kier molecular flexibility index (Phi) is 6.92. The molecular weight excluding hydrogens is 298 g/mol. The van der Waals surface area contributed by atoms with Crippen LogP contribution in [0.15, 0.2) is 29.4 Å². The Bertz CT molecular complexity index is 562. The summed E-state index contributed by atoms with van der Waals surface area (Å²) >= 11 is 0. The van der Waals surface area contributed by atoms with Crippen LogP contribution in [0.4, 0.5) is 4.79 Å². The van der Waals surface area contributed by atoms with Gasteiger partial charge in [0.2, 0.25) is 6.41 Å². The largest absolute Gasteiger partial charge is 0.444 e. The molecule has 0 radical (unpaired) electrons. The average Bonchev–Trinajstić information content (AvgIpc) is 2.46. The number of amides is 2. The van der Waals surface area contributed by atoms with E-state index in [9.17, 15) is 14.4 Å². The molecule has 23 heavy (non-hydrogen) atoms. The van der Waals surface area contributed by atoms with E-state index in [0.717, 1.165) is 11.1 Å². The summed E-state index contributed by atoms with van der Waals surface area (Å²) in [6.07, 6.45) is 2.37. The van der Waals surface area contributed by atoms with Gasteiger partial charge >= 0.3 is 6.09 Å². The molecule has 1 atom stereocenters. The maximum absolute atomic E-state index is 11.7. The van der Waals surface area contributed by atoms with Crippen molar-refractivity contribution in [3.05, 3.63) is 35.4 Å². The van der Waals surface area contributed by atoms with E-state index >= 15 is 0 Å². The Labute approximate surface area is 135 Å². The lowest BCUT2D eigenvalue weighted by Gasteiger charge is -2.21. The van der Waals surface area contributed by atoms with Crippen molar-refractivity contribution in [1.29, 1.82) is 0 Å². The van der Waals surface area contributed by atoms with Crippen molar-refractivity contribution in [3.63, 3.8) is 0 Å². The summed E-state index contributed by atoms with van der Waals surface area (Å²) in [7, 11) is 0. The van der Waals surface area contributed by atoms with Gasteiger partial charge in [-0.3, -0.25) is 4.79 Å². The summed E-state index contributed by atoms with van der Waals surface area (Å²) in [4.78, 5) is 32.9. The Balaban J connectivity index is 2.60. The highest BCUT2D eigenvalue weighted by Crippen LogP contribution is 2.08. The van der Waals surface area contributed by atoms with E-state index in [4.69, 9.17) is 4.74 Å². The first-order valence-electron chi connectivity index (χ1n) is 7.10. The summed E-state index contributed by atoms with van der Waals surface area (Å²) in [5, 5.41) is 6.19. The predicted octanol–water partition coefficient (Wildman–Crippen LogP) is 1.40. The second-order valence-corrected chi connectivity index (χ2v) is 5.84. The Morgan fingerprint density at radius 2 is 1.91 bits per heavy atom. The van der Waals surface area contributed by atoms with Gasteiger partial charge in [-0.25, -0.2) is 10.2 Å². The van der Waals surface area contributed by atoms with Crippen molar-refractivity contribution in [3.8, 4) is 0 Å². The van der Waals surface area contributed by atoms with E-state index in [0.29, 0.717) is 19.1 Å². The highest BCUT2D eigenvalue weighted by atomic mass is 16.6. The highest BCUT2D eigenvalue weighted by Gasteiger charge is 2.19. The fourth-order valence-electron chi connectivity index (χ4n) is 1.73. The number of carbonyl (C=O) groups excluding carboxylic acids is 3. The van der Waals surface area contributed by atoms with Crippen LogP contribution >= 0.6 is 0 Å². The molecule has 0 aliphatic heterocycles. The third-order valence-corrected chi connectivity index (χ3v) is 2.64. The fraction of sp³-hybridized carbons (Fsp3) is 0.375. The first-order chi connectivity index (χ1) is 10.8. The van der Waals surface area contributed by atoms with Crippen molar-refractivity contribution in [2.24, 2.45) is 5.10 Å². The molecule has 7 heteroatoms. The molecule has 0 aromatic heterocycles. The molecule has 0 aliphatic carbocycles. The minimum Gasteiger partial charge on any atom is -0.444 e. The molecule has 1 aromatic rings. The van der Waals surface area contributed by atoms with Crippen LogP contribution in [0.25, 0.3) is 0 Å². The monoisotopic (exact) mass is 319 g/mol. The number of hydrazone groups is 1. The molecule has 1 unspecified atom stereocenters. The van der Waals surface area contributed by atoms with Gasteiger partial charge in [0.1, 0.15) is 11.9 Å². The second kappa shape index (κ2) is 8.67. The van der Waals surface area contributed by atoms with Crippen LogP contribution in [0.2, 0.25) is 0 Å². The molecule has 0 fully saturated rings. The number of benzene rings is 1. The number of aldehydes is 1. The van der Waals surface area contributed by atoms with Gasteiger partial charge in [0.05, 0.1) is 12.3 Å². The minimum atomic E-state index is -0.666. The fourth-order valence-corrected chi connectivity index (χ4v) is 1.73. The van der Waals surface area contributed by atoms with E-state index in [-0.39, 0.29) is 0 Å². The number of carbonyl (C=O) groups is 3. The van der Waals surface area contributed by atoms with Crippen molar-refractivity contribution in [2.75, 3.05) is 0 Å². The average molecular weight is 319 g/mol. The lowest BCUT2D eigenvalue weighted by atomic mass is 10.1. The Morgan fingerprint density at radius 1 is 1.26 bits per heavy atom. The van der Waals surface area contributed by atoms with Crippen LogP contribution in [0.1, 0.15) is 31.9 Å². The van der Waals surface area contributed by atoms with Gasteiger partial charge in [-0.2, -0.15) is 5.10 Å². The predicted molar refractivity (Wildman–Crippen MR) is 86.2 cm³/mol. The van der Waals surface area contributed by atoms with E-state index in [1.165, 1.54) is 6.21 Å². The molecule has 0 aliphatic rings. The van der Waals surface area contributed by atoms with Crippen LogP contribution in [-0.2, 0) is 20.7 Å². The van der Waals surface area contributed by atoms with Gasteiger partial charge < -0.3 is 14.8 Å². The lowest BCUT2D eigenvalue weighted by Crippen LogP contribution is -2.41. The Hall–Kier alpha value is -2.70. The summed E-state index contributed by atoms with van der Waals surface area (Å²) in [5.74, 6) is 0. The normalized spacial score (nSPS) is 12.5. The molecule has 7 nitrogen and oxygen atoms in total. The quantitative estimate of drug-likeness (QED) is 0.451. The first-order valence-corrected chi connectivity index (χ1v) is 7.10. The van der Waals surface area contributed by atoms with Gasteiger partial charge in [0, 0.05) is 0 Å². The molecule has 2 N–H and O–H groups in total. The third-order valence-electron chi connectivity index (χ3n) is 2.64. The lowest BCUT2D eigenvalue weighted by molar-refractivity contribution is -0.110. The maximum atomic E-state index is 11.7. The zero-order chi connectivity index (χ0) is 17.3. The molecular formula is C16H21N3O4. The van der Waals surface area contributed by atoms with E-state index in [1.807, 2.05) is 12.1 Å². The molecule has 0 spiro atoms. The minimum absolute atomic E-state index is 0.354. The number of hydrogen-bond donors (Lipinski definition) is 2. The van der Waals surface area contributed by atoms with Crippen molar-refractivity contribution >= 4 is 25.0 Å². The molecule has 1 aromatic carbocycles. The standard InChI is InChI=1S/C16H21N3O4/c1-16(2,3)23-15(22)19-14(10-20)8-12-4-6-13(7-5-12)9-17-18-11-21/h4-7,9-11,14H,8H2,1-3H3,(H,18,21)(H,19,22)/b17-9+. The number of nitrogens with one attached hydrogen (secondary N) is 2. The summed E-state index contributed by atoms with van der Waals surface area (Å²) in [6.45, 7) is 5.26. The van der Waals surface area contributed by atoms with Gasteiger partial charge in [0.15, 0.2) is 0 Å². The smallest absolute Gasteiger partial charge is 0.408 e. The summed E-state index contributed by atoms with van der Waals surface area (Å²) in [5.41, 5.74) is 3.23. The van der Waals surface area contributed by atoms with Crippen molar-refractivity contribution < 1.29 is 19.1 Å². The first kappa shape index (κ1) is 18.3. The zero-order valence-electron chi connectivity index (χ0n) is 13.4. The highest BCUT2D eigenvalue weighted by molar-refractivity contribution is 5.80. The van der Waals surface area contributed by atoms with Crippen molar-refractivity contribution in [2.45, 2.75) is 38.8 Å². The SMILES string of the molecule is CC(C)(C)OC(=O)NC(C=O)Cc1ccc(/C=N/NC=O)cc1. The van der Waals surface area contributed by atoms with Gasteiger partial charge in [0.25, 0.3) is 0 Å². The van der Waals surface area contributed by atoms with E-state index in [2.05, 4.69) is 15.8 Å². The van der Waals surface area contributed by atoms with Crippen LogP contribution in [-0.4, -0.2) is 36.6 Å². The molecule has 124 valence electrons. The van der Waals surface area contributed by atoms with Crippen LogP contribution < -0.4 is 10.7 Å². The number of hydrogen-bond acceptors (Lipinski definition) is 5. The van der Waals surface area contributed by atoms with E-state index < -0.39 is 17.7 Å². The number of alkyl carbamates (subject to hydrolysis) is 1. The maximum Gasteiger partial charge on any atom is 0.408 e. The van der Waals surface area contributed by atoms with E-state index in [1.54, 1.807) is 32.9 Å². The number of rotatable bonds is 7. The third kappa shape index (κ3) is 7.75. The summed E-state index contributed by atoms with van der Waals surface area (Å²) < 4.78 is 5.12. The number of nitrogens with zero attached hydrogens (tertiary/aromatic N) is 1. The Morgan fingerprint density at radius 3 is 2.43 bits per heavy atom. The topological polar surface area (TPSA) is 96.9 Å². The summed E-state index contributed by atoms with van der Waals surface area (Å²) in [6, 6.07) is 6.55.